The van der Waals surface area contributed by atoms with E-state index in [0.717, 1.165) is 50.4 Å². The van der Waals surface area contributed by atoms with Crippen LogP contribution < -0.4 is 5.73 Å². The molecule has 2 heterocycles. The van der Waals surface area contributed by atoms with E-state index in [9.17, 15) is 0 Å². The fourth-order valence-corrected chi connectivity index (χ4v) is 9.15. The lowest BCUT2D eigenvalue weighted by atomic mass is 9.94. The number of allylic oxidation sites excluding steroid dienone is 1. The van der Waals surface area contributed by atoms with Crippen molar-refractivity contribution in [1.82, 2.24) is 9.13 Å². The minimum Gasteiger partial charge on any atom is -0.312 e. The average Bonchev–Trinajstić information content (AvgIpc) is 3.84. The number of fused-ring (bicyclic) bond motifs is 9. The molecule has 2 N–H and O–H groups in total. The number of para-hydroxylation sites is 1. The minimum absolute atomic E-state index is 0.190. The van der Waals surface area contributed by atoms with Gasteiger partial charge in [0, 0.05) is 32.9 Å². The summed E-state index contributed by atoms with van der Waals surface area (Å²) in [6.45, 7) is 0.190. The zero-order valence-corrected chi connectivity index (χ0v) is 32.9. The first-order valence-corrected chi connectivity index (χ1v) is 20.5. The van der Waals surface area contributed by atoms with Gasteiger partial charge in [0.05, 0.1) is 34.4 Å². The molecule has 0 amide bonds. The van der Waals surface area contributed by atoms with Crippen LogP contribution in [0.1, 0.15) is 16.7 Å². The van der Waals surface area contributed by atoms with E-state index < -0.39 is 0 Å². The Hall–Kier alpha value is -7.79. The fraction of sp³-hybridized carbons (Fsp3) is 0.0179. The lowest BCUT2D eigenvalue weighted by Crippen LogP contribution is -2.05. The van der Waals surface area contributed by atoms with Gasteiger partial charge in [0.25, 0.3) is 0 Å². The first-order valence-electron chi connectivity index (χ1n) is 20.5. The van der Waals surface area contributed by atoms with Gasteiger partial charge in [-0.2, -0.15) is 0 Å². The van der Waals surface area contributed by atoms with Crippen LogP contribution in [0.2, 0.25) is 0 Å². The summed E-state index contributed by atoms with van der Waals surface area (Å²) < 4.78 is 4.90. The van der Waals surface area contributed by atoms with Crippen LogP contribution in [0.5, 0.6) is 0 Å². The third-order valence-corrected chi connectivity index (χ3v) is 11.8. The van der Waals surface area contributed by atoms with Crippen molar-refractivity contribution in [2.75, 3.05) is 6.67 Å². The number of rotatable bonds is 8. The van der Waals surface area contributed by atoms with Crippen LogP contribution in [0.3, 0.4) is 0 Å². The van der Waals surface area contributed by atoms with Crippen molar-refractivity contribution in [2.45, 2.75) is 0 Å². The van der Waals surface area contributed by atoms with Crippen molar-refractivity contribution in [2.24, 2.45) is 10.7 Å². The predicted octanol–water partition coefficient (Wildman–Crippen LogP) is 13.5. The molecule has 0 saturated carbocycles. The topological polar surface area (TPSA) is 48.2 Å². The Morgan fingerprint density at radius 1 is 0.417 bits per heavy atom. The summed E-state index contributed by atoms with van der Waals surface area (Å²) in [5.74, 6) is 0. The summed E-state index contributed by atoms with van der Waals surface area (Å²) in [5, 5.41) is 7.40. The van der Waals surface area contributed by atoms with Crippen LogP contribution in [0.15, 0.2) is 223 Å². The number of aromatic nitrogens is 2. The largest absolute Gasteiger partial charge is 0.312 e. The molecule has 4 nitrogen and oxygen atoms in total. The lowest BCUT2D eigenvalue weighted by Gasteiger charge is -2.13. The monoisotopic (exact) mass is 768 g/mol. The normalized spacial score (nSPS) is 12.3. The fourth-order valence-electron chi connectivity index (χ4n) is 9.15. The van der Waals surface area contributed by atoms with Gasteiger partial charge < -0.3 is 14.9 Å². The molecule has 0 fully saturated rings. The van der Waals surface area contributed by atoms with E-state index in [-0.39, 0.29) is 6.67 Å². The molecule has 0 atom stereocenters. The molecule has 0 spiro atoms. The summed E-state index contributed by atoms with van der Waals surface area (Å²) in [6, 6.07) is 76.2. The standard InChI is InChI=1S/C56H40N4/c57-37-58-49(41-21-9-3-10-22-41)36-48(39-18-7-2-8-19-39)43-28-30-47-53(35-43)60(45-26-15-23-42(34-45)38-16-5-1-6-17-38)51-32-33-52-56(55(47)51)54-46-27-14-13-20-40(46)29-31-50(54)59(52)44-24-11-4-12-25-44/h1-36H,37,57H2/b48-36-,58-49+. The van der Waals surface area contributed by atoms with Crippen molar-refractivity contribution >= 4 is 65.7 Å². The number of benzene rings is 9. The first-order chi connectivity index (χ1) is 29.7. The highest BCUT2D eigenvalue weighted by molar-refractivity contribution is 6.33. The van der Waals surface area contributed by atoms with Crippen LogP contribution in [-0.4, -0.2) is 21.5 Å². The lowest BCUT2D eigenvalue weighted by molar-refractivity contribution is 1.07. The SMILES string of the molecule is NC/N=C(\C=C(\c1ccccc1)c1ccc2c3c4c5c6ccccc6ccc5n(-c5ccccc5)c4ccc3n(-c3cccc(-c4ccccc4)c3)c2c1)c1ccccc1. The number of aliphatic imine (C=N–C) groups is 1. The smallest absolute Gasteiger partial charge is 0.0866 e. The van der Waals surface area contributed by atoms with Gasteiger partial charge in [-0.15, -0.1) is 0 Å². The highest BCUT2D eigenvalue weighted by atomic mass is 15.0. The second-order valence-electron chi connectivity index (χ2n) is 15.2. The summed E-state index contributed by atoms with van der Waals surface area (Å²) in [6.07, 6.45) is 2.19. The Morgan fingerprint density at radius 3 is 1.72 bits per heavy atom. The van der Waals surface area contributed by atoms with Gasteiger partial charge in [0.2, 0.25) is 0 Å². The summed E-state index contributed by atoms with van der Waals surface area (Å²) >= 11 is 0. The quantitative estimate of drug-likeness (QED) is 0.154. The number of hydrogen-bond donors (Lipinski definition) is 1. The van der Waals surface area contributed by atoms with Crippen molar-refractivity contribution in [3.8, 4) is 22.5 Å². The van der Waals surface area contributed by atoms with Crippen molar-refractivity contribution in [3.05, 3.63) is 235 Å². The molecule has 0 radical (unpaired) electrons. The number of hydrogen-bond acceptors (Lipinski definition) is 2. The van der Waals surface area contributed by atoms with Crippen molar-refractivity contribution < 1.29 is 0 Å². The first kappa shape index (κ1) is 35.4. The van der Waals surface area contributed by atoms with Crippen LogP contribution in [0.25, 0.3) is 82.5 Å². The summed E-state index contributed by atoms with van der Waals surface area (Å²) in [5.41, 5.74) is 20.5. The summed E-state index contributed by atoms with van der Waals surface area (Å²) in [7, 11) is 0. The molecule has 11 rings (SSSR count). The molecule has 4 heteroatoms. The van der Waals surface area contributed by atoms with Crippen LogP contribution >= 0.6 is 0 Å². The molecule has 0 bridgehead atoms. The molecule has 9 aromatic carbocycles. The zero-order valence-electron chi connectivity index (χ0n) is 32.9. The van der Waals surface area contributed by atoms with Crippen LogP contribution in [-0.2, 0) is 0 Å². The molecule has 0 aliphatic rings. The average molecular weight is 769 g/mol. The van der Waals surface area contributed by atoms with E-state index >= 15 is 0 Å². The molecular formula is C56H40N4. The Labute approximate surface area is 348 Å². The molecule has 2 aromatic heterocycles. The second-order valence-corrected chi connectivity index (χ2v) is 15.2. The summed E-state index contributed by atoms with van der Waals surface area (Å²) in [4.78, 5) is 4.81. The molecule has 0 aliphatic heterocycles. The third-order valence-electron chi connectivity index (χ3n) is 11.8. The maximum atomic E-state index is 6.11. The Bertz CT molecular complexity index is 3430. The van der Waals surface area contributed by atoms with Gasteiger partial charge in [-0.3, -0.25) is 4.99 Å². The van der Waals surface area contributed by atoms with Gasteiger partial charge in [0.15, 0.2) is 0 Å². The molecule has 11 aromatic rings. The van der Waals surface area contributed by atoms with E-state index in [1.165, 1.54) is 54.5 Å². The Kier molecular flexibility index (Phi) is 8.76. The minimum atomic E-state index is 0.190. The van der Waals surface area contributed by atoms with Gasteiger partial charge >= 0.3 is 0 Å². The van der Waals surface area contributed by atoms with E-state index in [1.54, 1.807) is 0 Å². The van der Waals surface area contributed by atoms with Crippen molar-refractivity contribution in [1.29, 1.82) is 0 Å². The molecule has 0 saturated heterocycles. The maximum Gasteiger partial charge on any atom is 0.0866 e. The predicted molar refractivity (Wildman–Crippen MR) is 254 cm³/mol. The van der Waals surface area contributed by atoms with Crippen molar-refractivity contribution in [3.63, 3.8) is 0 Å². The van der Waals surface area contributed by atoms with Gasteiger partial charge in [0.1, 0.15) is 0 Å². The third kappa shape index (κ3) is 5.93. The highest BCUT2D eigenvalue weighted by Crippen LogP contribution is 2.45. The highest BCUT2D eigenvalue weighted by Gasteiger charge is 2.23. The molecule has 0 aliphatic carbocycles. The van der Waals surface area contributed by atoms with Gasteiger partial charge in [-0.05, 0) is 98.8 Å². The number of nitrogens with two attached hydrogens (primary N) is 1. The van der Waals surface area contributed by atoms with E-state index in [0.29, 0.717) is 0 Å². The molecule has 0 unspecified atom stereocenters. The second kappa shape index (κ2) is 14.9. The van der Waals surface area contributed by atoms with E-state index in [4.69, 9.17) is 10.7 Å². The molecule has 284 valence electrons. The van der Waals surface area contributed by atoms with Gasteiger partial charge in [-0.25, -0.2) is 0 Å². The van der Waals surface area contributed by atoms with Crippen LogP contribution in [0, 0.1) is 0 Å². The zero-order chi connectivity index (χ0) is 40.0. The maximum absolute atomic E-state index is 6.11. The number of nitrogens with zero attached hydrogens (tertiary/aromatic N) is 3. The van der Waals surface area contributed by atoms with E-state index in [1.807, 2.05) is 18.2 Å². The molecular weight excluding hydrogens is 729 g/mol. The Balaban J connectivity index is 1.27. The Morgan fingerprint density at radius 2 is 0.983 bits per heavy atom. The molecule has 60 heavy (non-hydrogen) atoms. The van der Waals surface area contributed by atoms with Gasteiger partial charge in [-0.1, -0.05) is 164 Å². The van der Waals surface area contributed by atoms with Crippen LogP contribution in [0.4, 0.5) is 0 Å². The van der Waals surface area contributed by atoms with E-state index in [2.05, 4.69) is 209 Å².